The summed E-state index contributed by atoms with van der Waals surface area (Å²) in [5, 5.41) is 3.46. The molecule has 2 aromatic carbocycles. The fourth-order valence-electron chi connectivity index (χ4n) is 3.79. The molecule has 4 aromatic rings. The number of benzene rings is 2. The van der Waals surface area contributed by atoms with Crippen molar-refractivity contribution < 1.29 is 14.0 Å². The standard InChI is InChI=1S/C23H19N3O3S/c1-14-8-9-17-20(11-14)30-23(24-17)25-21(27)18-12-15-5-2-3-6-16(15)13-26(18)22(28)19-7-4-10-29-19/h2-11,18H,12-13H2,1H3,(H,24,25,27). The third-order valence-corrected chi connectivity index (χ3v) is 6.25. The molecule has 1 atom stereocenters. The van der Waals surface area contributed by atoms with Gasteiger partial charge in [-0.2, -0.15) is 0 Å². The van der Waals surface area contributed by atoms with Crippen LogP contribution in [-0.4, -0.2) is 27.7 Å². The second-order valence-corrected chi connectivity index (χ2v) is 8.41. The number of carbonyl (C=O) groups is 2. The Morgan fingerprint density at radius 1 is 1.13 bits per heavy atom. The van der Waals surface area contributed by atoms with Crippen LogP contribution >= 0.6 is 11.3 Å². The van der Waals surface area contributed by atoms with Crippen molar-refractivity contribution in [1.29, 1.82) is 0 Å². The summed E-state index contributed by atoms with van der Waals surface area (Å²) in [5.74, 6) is -0.322. The number of carbonyl (C=O) groups excluding carboxylic acids is 2. The quantitative estimate of drug-likeness (QED) is 0.536. The predicted molar refractivity (Wildman–Crippen MR) is 116 cm³/mol. The highest BCUT2D eigenvalue weighted by atomic mass is 32.1. The Bertz CT molecular complexity index is 1250. The lowest BCUT2D eigenvalue weighted by Crippen LogP contribution is -2.50. The molecule has 0 radical (unpaired) electrons. The number of amides is 2. The molecule has 1 aliphatic heterocycles. The molecule has 150 valence electrons. The average Bonchev–Trinajstić information content (AvgIpc) is 3.41. The minimum atomic E-state index is -0.647. The second-order valence-electron chi connectivity index (χ2n) is 7.38. The van der Waals surface area contributed by atoms with Crippen molar-refractivity contribution in [2.75, 3.05) is 5.32 Å². The Hall–Kier alpha value is -3.45. The van der Waals surface area contributed by atoms with E-state index in [-0.39, 0.29) is 17.6 Å². The lowest BCUT2D eigenvalue weighted by atomic mass is 9.93. The smallest absolute Gasteiger partial charge is 0.290 e. The monoisotopic (exact) mass is 417 g/mol. The third kappa shape index (κ3) is 3.37. The maximum Gasteiger partial charge on any atom is 0.290 e. The van der Waals surface area contributed by atoms with Gasteiger partial charge in [0.1, 0.15) is 6.04 Å². The topological polar surface area (TPSA) is 75.4 Å². The highest BCUT2D eigenvalue weighted by Crippen LogP contribution is 2.29. The summed E-state index contributed by atoms with van der Waals surface area (Å²) in [6.45, 7) is 2.38. The molecule has 5 rings (SSSR count). The Labute approximate surface area is 177 Å². The number of nitrogens with zero attached hydrogens (tertiary/aromatic N) is 2. The summed E-state index contributed by atoms with van der Waals surface area (Å²) in [6, 6.07) is 16.5. The summed E-state index contributed by atoms with van der Waals surface area (Å²) in [7, 11) is 0. The van der Waals surface area contributed by atoms with Gasteiger partial charge in [0.15, 0.2) is 10.9 Å². The highest BCUT2D eigenvalue weighted by molar-refractivity contribution is 7.22. The summed E-state index contributed by atoms with van der Waals surface area (Å²) in [4.78, 5) is 32.4. The number of anilines is 1. The Morgan fingerprint density at radius 3 is 2.77 bits per heavy atom. The van der Waals surface area contributed by atoms with Crippen LogP contribution in [-0.2, 0) is 17.8 Å². The lowest BCUT2D eigenvalue weighted by molar-refractivity contribution is -0.121. The normalized spacial score (nSPS) is 15.8. The van der Waals surface area contributed by atoms with Gasteiger partial charge in [0, 0.05) is 13.0 Å². The van der Waals surface area contributed by atoms with Crippen molar-refractivity contribution >= 4 is 38.5 Å². The molecule has 2 amide bonds. The van der Waals surface area contributed by atoms with Gasteiger partial charge in [-0.15, -0.1) is 0 Å². The van der Waals surface area contributed by atoms with Crippen LogP contribution in [0.2, 0.25) is 0 Å². The van der Waals surface area contributed by atoms with Crippen molar-refractivity contribution in [2.24, 2.45) is 0 Å². The van der Waals surface area contributed by atoms with Crippen LogP contribution in [0.25, 0.3) is 10.2 Å². The van der Waals surface area contributed by atoms with E-state index in [2.05, 4.69) is 10.3 Å². The Kier molecular flexibility index (Phi) is 4.59. The van der Waals surface area contributed by atoms with E-state index in [1.54, 1.807) is 17.0 Å². The van der Waals surface area contributed by atoms with Gasteiger partial charge in [0.05, 0.1) is 16.5 Å². The number of nitrogens with one attached hydrogen (secondary N) is 1. The van der Waals surface area contributed by atoms with Crippen molar-refractivity contribution in [1.82, 2.24) is 9.88 Å². The van der Waals surface area contributed by atoms with Crippen LogP contribution in [0, 0.1) is 6.92 Å². The summed E-state index contributed by atoms with van der Waals surface area (Å²) in [6.07, 6.45) is 1.90. The van der Waals surface area contributed by atoms with Gasteiger partial charge in [-0.3, -0.25) is 9.59 Å². The number of thiazole rings is 1. The van der Waals surface area contributed by atoms with E-state index in [0.29, 0.717) is 18.1 Å². The molecule has 3 heterocycles. The van der Waals surface area contributed by atoms with Gasteiger partial charge in [-0.25, -0.2) is 4.98 Å². The van der Waals surface area contributed by atoms with E-state index in [9.17, 15) is 9.59 Å². The summed E-state index contributed by atoms with van der Waals surface area (Å²) < 4.78 is 6.32. The van der Waals surface area contributed by atoms with Gasteiger partial charge in [-0.05, 0) is 47.9 Å². The zero-order valence-corrected chi connectivity index (χ0v) is 17.1. The molecule has 0 saturated heterocycles. The van der Waals surface area contributed by atoms with E-state index in [4.69, 9.17) is 4.42 Å². The van der Waals surface area contributed by atoms with Gasteiger partial charge in [0.25, 0.3) is 5.91 Å². The van der Waals surface area contributed by atoms with Gasteiger partial charge < -0.3 is 14.6 Å². The van der Waals surface area contributed by atoms with Gasteiger partial charge in [-0.1, -0.05) is 41.7 Å². The van der Waals surface area contributed by atoms with Crippen LogP contribution in [0.1, 0.15) is 27.2 Å². The molecular formula is C23H19N3O3S. The maximum atomic E-state index is 13.2. The van der Waals surface area contributed by atoms with E-state index < -0.39 is 6.04 Å². The molecule has 1 unspecified atom stereocenters. The lowest BCUT2D eigenvalue weighted by Gasteiger charge is -2.35. The Morgan fingerprint density at radius 2 is 1.97 bits per heavy atom. The fraction of sp³-hybridized carbons (Fsp3) is 0.174. The SMILES string of the molecule is Cc1ccc2nc(NC(=O)C3Cc4ccccc4CN3C(=O)c3ccco3)sc2c1. The van der Waals surface area contributed by atoms with Crippen LogP contribution in [0.15, 0.2) is 65.3 Å². The zero-order chi connectivity index (χ0) is 20.7. The van der Waals surface area contributed by atoms with Crippen molar-refractivity contribution in [3.8, 4) is 0 Å². The first-order chi connectivity index (χ1) is 14.6. The molecule has 1 N–H and O–H groups in total. The van der Waals surface area contributed by atoms with Crippen molar-refractivity contribution in [3.05, 3.63) is 83.3 Å². The van der Waals surface area contributed by atoms with Crippen LogP contribution in [0.5, 0.6) is 0 Å². The molecule has 0 aliphatic carbocycles. The predicted octanol–water partition coefficient (Wildman–Crippen LogP) is 4.40. The first-order valence-electron chi connectivity index (χ1n) is 9.68. The highest BCUT2D eigenvalue weighted by Gasteiger charge is 2.36. The van der Waals surface area contributed by atoms with Crippen LogP contribution < -0.4 is 5.32 Å². The molecule has 6 nitrogen and oxygen atoms in total. The number of aryl methyl sites for hydroxylation is 1. The Balaban J connectivity index is 1.45. The molecule has 30 heavy (non-hydrogen) atoms. The van der Waals surface area contributed by atoms with Gasteiger partial charge in [0.2, 0.25) is 5.91 Å². The fourth-order valence-corrected chi connectivity index (χ4v) is 4.75. The molecule has 0 fully saturated rings. The average molecular weight is 417 g/mol. The van der Waals surface area contributed by atoms with E-state index >= 15 is 0 Å². The maximum absolute atomic E-state index is 13.2. The van der Waals surface area contributed by atoms with Crippen molar-refractivity contribution in [3.63, 3.8) is 0 Å². The first-order valence-corrected chi connectivity index (χ1v) is 10.5. The van der Waals surface area contributed by atoms with E-state index in [1.807, 2.05) is 49.4 Å². The van der Waals surface area contributed by atoms with Crippen LogP contribution in [0.3, 0.4) is 0 Å². The number of furan rings is 1. The second kappa shape index (κ2) is 7.42. The summed E-state index contributed by atoms with van der Waals surface area (Å²) >= 11 is 1.43. The molecule has 7 heteroatoms. The molecule has 2 aromatic heterocycles. The zero-order valence-electron chi connectivity index (χ0n) is 16.3. The number of rotatable bonds is 3. The molecular weight excluding hydrogens is 398 g/mol. The van der Waals surface area contributed by atoms with E-state index in [1.165, 1.54) is 17.6 Å². The number of aromatic nitrogens is 1. The minimum Gasteiger partial charge on any atom is -0.459 e. The number of fused-ring (bicyclic) bond motifs is 2. The molecule has 0 saturated carbocycles. The molecule has 0 spiro atoms. The van der Waals surface area contributed by atoms with E-state index in [0.717, 1.165) is 26.9 Å². The molecule has 0 bridgehead atoms. The van der Waals surface area contributed by atoms with Crippen LogP contribution in [0.4, 0.5) is 5.13 Å². The minimum absolute atomic E-state index is 0.225. The first kappa shape index (κ1) is 18.6. The van der Waals surface area contributed by atoms with Gasteiger partial charge >= 0.3 is 0 Å². The number of hydrogen-bond acceptors (Lipinski definition) is 5. The number of hydrogen-bond donors (Lipinski definition) is 1. The third-order valence-electron chi connectivity index (χ3n) is 5.32. The molecule has 1 aliphatic rings. The largest absolute Gasteiger partial charge is 0.459 e. The van der Waals surface area contributed by atoms with Crippen molar-refractivity contribution in [2.45, 2.75) is 25.9 Å². The summed E-state index contributed by atoms with van der Waals surface area (Å²) in [5.41, 5.74) is 4.10.